The van der Waals surface area contributed by atoms with Crippen LogP contribution in [0.4, 0.5) is 0 Å². The molecule has 1 heterocycles. The van der Waals surface area contributed by atoms with E-state index in [0.717, 1.165) is 5.11 Å². The quantitative estimate of drug-likeness (QED) is 0.776. The second-order valence-corrected chi connectivity index (χ2v) is 6.48. The summed E-state index contributed by atoms with van der Waals surface area (Å²) >= 11 is 5.46. The standard InChI is InChI=1S/C15H29N3S/c1-2-10-18-11-8-14(9-12-18)17-15(19)16-13-6-4-3-5-7-13/h13-14H,2-12H2,1H3,(H2,16,17,19). The van der Waals surface area contributed by atoms with Crippen LogP contribution in [0.25, 0.3) is 0 Å². The normalized spacial score (nSPS) is 23.2. The highest BCUT2D eigenvalue weighted by Gasteiger charge is 2.20. The van der Waals surface area contributed by atoms with Crippen molar-refractivity contribution in [3.05, 3.63) is 0 Å². The Bertz CT molecular complexity index is 269. The largest absolute Gasteiger partial charge is 0.360 e. The monoisotopic (exact) mass is 283 g/mol. The molecule has 2 rings (SSSR count). The highest BCUT2D eigenvalue weighted by atomic mass is 32.1. The van der Waals surface area contributed by atoms with Gasteiger partial charge in [-0.1, -0.05) is 26.2 Å². The number of thiocarbonyl (C=S) groups is 1. The third kappa shape index (κ3) is 5.27. The first-order valence-electron chi connectivity index (χ1n) is 8.07. The summed E-state index contributed by atoms with van der Waals surface area (Å²) in [6.07, 6.45) is 10.4. The summed E-state index contributed by atoms with van der Waals surface area (Å²) in [6.45, 7) is 5.94. The van der Waals surface area contributed by atoms with Crippen LogP contribution in [0.1, 0.15) is 58.3 Å². The van der Waals surface area contributed by atoms with Gasteiger partial charge in [-0.05, 0) is 50.9 Å². The van der Waals surface area contributed by atoms with Crippen molar-refractivity contribution in [2.24, 2.45) is 0 Å². The van der Waals surface area contributed by atoms with E-state index in [2.05, 4.69) is 22.5 Å². The zero-order chi connectivity index (χ0) is 13.5. The molecule has 3 nitrogen and oxygen atoms in total. The van der Waals surface area contributed by atoms with Crippen molar-refractivity contribution in [1.82, 2.24) is 15.5 Å². The fourth-order valence-electron chi connectivity index (χ4n) is 3.28. The molecule has 2 fully saturated rings. The maximum atomic E-state index is 5.46. The summed E-state index contributed by atoms with van der Waals surface area (Å²) in [5.41, 5.74) is 0. The predicted molar refractivity (Wildman–Crippen MR) is 85.5 cm³/mol. The van der Waals surface area contributed by atoms with Crippen molar-refractivity contribution >= 4 is 17.3 Å². The fraction of sp³-hybridized carbons (Fsp3) is 0.933. The van der Waals surface area contributed by atoms with E-state index in [1.165, 1.54) is 71.0 Å². The van der Waals surface area contributed by atoms with Gasteiger partial charge in [-0.25, -0.2) is 0 Å². The first-order valence-corrected chi connectivity index (χ1v) is 8.48. The van der Waals surface area contributed by atoms with E-state index in [1.807, 2.05) is 0 Å². The van der Waals surface area contributed by atoms with E-state index in [-0.39, 0.29) is 0 Å². The Morgan fingerprint density at radius 2 is 1.58 bits per heavy atom. The van der Waals surface area contributed by atoms with Crippen LogP contribution in [0.15, 0.2) is 0 Å². The van der Waals surface area contributed by atoms with Gasteiger partial charge in [0.15, 0.2) is 5.11 Å². The third-order valence-corrected chi connectivity index (χ3v) is 4.64. The summed E-state index contributed by atoms with van der Waals surface area (Å²) in [7, 11) is 0. The molecule has 0 spiro atoms. The highest BCUT2D eigenvalue weighted by molar-refractivity contribution is 7.80. The van der Waals surface area contributed by atoms with Gasteiger partial charge >= 0.3 is 0 Å². The van der Waals surface area contributed by atoms with E-state index < -0.39 is 0 Å². The molecule has 0 amide bonds. The van der Waals surface area contributed by atoms with Gasteiger partial charge in [-0.15, -0.1) is 0 Å². The van der Waals surface area contributed by atoms with Gasteiger partial charge in [-0.3, -0.25) is 0 Å². The molecule has 19 heavy (non-hydrogen) atoms. The zero-order valence-corrected chi connectivity index (χ0v) is 13.1. The van der Waals surface area contributed by atoms with Crippen LogP contribution >= 0.6 is 12.2 Å². The number of hydrogen-bond donors (Lipinski definition) is 2. The van der Waals surface area contributed by atoms with Crippen molar-refractivity contribution in [3.63, 3.8) is 0 Å². The first kappa shape index (κ1) is 15.0. The molecule has 1 aliphatic carbocycles. The van der Waals surface area contributed by atoms with E-state index >= 15 is 0 Å². The van der Waals surface area contributed by atoms with Gasteiger partial charge in [0.05, 0.1) is 0 Å². The summed E-state index contributed by atoms with van der Waals surface area (Å²) in [5, 5.41) is 7.92. The van der Waals surface area contributed by atoms with Gasteiger partial charge < -0.3 is 15.5 Å². The van der Waals surface area contributed by atoms with Gasteiger partial charge in [0.2, 0.25) is 0 Å². The number of rotatable bonds is 4. The van der Waals surface area contributed by atoms with E-state index in [4.69, 9.17) is 12.2 Å². The van der Waals surface area contributed by atoms with Crippen molar-refractivity contribution < 1.29 is 0 Å². The average Bonchev–Trinajstić information content (AvgIpc) is 2.42. The fourth-order valence-corrected chi connectivity index (χ4v) is 3.61. The van der Waals surface area contributed by atoms with Crippen molar-refractivity contribution in [2.45, 2.75) is 70.4 Å². The van der Waals surface area contributed by atoms with Gasteiger partial charge in [0, 0.05) is 25.2 Å². The van der Waals surface area contributed by atoms with E-state index in [9.17, 15) is 0 Å². The second-order valence-electron chi connectivity index (χ2n) is 6.07. The maximum Gasteiger partial charge on any atom is 0.166 e. The Labute approximate surface area is 123 Å². The van der Waals surface area contributed by atoms with Crippen LogP contribution in [0.3, 0.4) is 0 Å². The lowest BCUT2D eigenvalue weighted by Gasteiger charge is -2.33. The van der Waals surface area contributed by atoms with Gasteiger partial charge in [0.1, 0.15) is 0 Å². The zero-order valence-electron chi connectivity index (χ0n) is 12.3. The second kappa shape index (κ2) is 8.05. The lowest BCUT2D eigenvalue weighted by molar-refractivity contribution is 0.206. The molecule has 0 radical (unpaired) electrons. The molecular formula is C15H29N3S. The topological polar surface area (TPSA) is 27.3 Å². The van der Waals surface area contributed by atoms with Crippen LogP contribution in [-0.2, 0) is 0 Å². The number of piperidine rings is 1. The molecule has 0 atom stereocenters. The molecule has 0 aromatic heterocycles. The predicted octanol–water partition coefficient (Wildman–Crippen LogP) is 2.66. The number of nitrogens with zero attached hydrogens (tertiary/aromatic N) is 1. The van der Waals surface area contributed by atoms with Crippen LogP contribution in [0, 0.1) is 0 Å². The number of nitrogens with one attached hydrogen (secondary N) is 2. The Hall–Kier alpha value is -0.350. The molecule has 1 aliphatic heterocycles. The minimum atomic E-state index is 0.580. The van der Waals surface area contributed by atoms with Crippen molar-refractivity contribution in [1.29, 1.82) is 0 Å². The van der Waals surface area contributed by atoms with E-state index in [0.29, 0.717) is 12.1 Å². The Morgan fingerprint density at radius 1 is 1.00 bits per heavy atom. The maximum absolute atomic E-state index is 5.46. The molecule has 1 saturated carbocycles. The lowest BCUT2D eigenvalue weighted by Crippen LogP contribution is -2.50. The molecule has 0 unspecified atom stereocenters. The first-order chi connectivity index (χ1) is 9.28. The molecule has 0 bridgehead atoms. The minimum absolute atomic E-state index is 0.580. The van der Waals surface area contributed by atoms with E-state index in [1.54, 1.807) is 0 Å². The number of likely N-dealkylation sites (tertiary alicyclic amines) is 1. The SMILES string of the molecule is CCCN1CCC(NC(=S)NC2CCCCC2)CC1. The smallest absolute Gasteiger partial charge is 0.166 e. The van der Waals surface area contributed by atoms with Crippen molar-refractivity contribution in [3.8, 4) is 0 Å². The lowest BCUT2D eigenvalue weighted by atomic mass is 9.96. The van der Waals surface area contributed by atoms with Crippen LogP contribution in [0.2, 0.25) is 0 Å². The Morgan fingerprint density at radius 3 is 2.16 bits per heavy atom. The molecule has 0 aromatic carbocycles. The molecule has 2 N–H and O–H groups in total. The Balaban J connectivity index is 1.63. The molecule has 110 valence electrons. The molecule has 0 aromatic rings. The van der Waals surface area contributed by atoms with Crippen LogP contribution in [0.5, 0.6) is 0 Å². The summed E-state index contributed by atoms with van der Waals surface area (Å²) in [5.74, 6) is 0. The van der Waals surface area contributed by atoms with Crippen LogP contribution < -0.4 is 10.6 Å². The van der Waals surface area contributed by atoms with Gasteiger partial charge in [0.25, 0.3) is 0 Å². The third-order valence-electron chi connectivity index (χ3n) is 4.40. The summed E-state index contributed by atoms with van der Waals surface area (Å²) < 4.78 is 0. The molecule has 4 heteroatoms. The molecular weight excluding hydrogens is 254 g/mol. The molecule has 1 saturated heterocycles. The molecule has 2 aliphatic rings. The van der Waals surface area contributed by atoms with Crippen molar-refractivity contribution in [2.75, 3.05) is 19.6 Å². The number of hydrogen-bond acceptors (Lipinski definition) is 2. The van der Waals surface area contributed by atoms with Gasteiger partial charge in [-0.2, -0.15) is 0 Å². The summed E-state index contributed by atoms with van der Waals surface area (Å²) in [6, 6.07) is 1.20. The summed E-state index contributed by atoms with van der Waals surface area (Å²) in [4.78, 5) is 2.57. The highest BCUT2D eigenvalue weighted by Crippen LogP contribution is 2.17. The Kier molecular flexibility index (Phi) is 6.38. The van der Waals surface area contributed by atoms with Crippen LogP contribution in [-0.4, -0.2) is 41.7 Å². The average molecular weight is 283 g/mol. The minimum Gasteiger partial charge on any atom is -0.360 e.